The maximum absolute atomic E-state index is 11.8. The van der Waals surface area contributed by atoms with E-state index in [0.29, 0.717) is 19.6 Å². The molecule has 0 spiro atoms. The Kier molecular flexibility index (Phi) is 5.40. The molecule has 25 heavy (non-hydrogen) atoms. The molecule has 0 radical (unpaired) electrons. The van der Waals surface area contributed by atoms with E-state index < -0.39 is 7.75 Å². The van der Waals surface area contributed by atoms with Gasteiger partial charge < -0.3 is 14.2 Å². The molecule has 0 fully saturated rings. The van der Waals surface area contributed by atoms with E-state index >= 15 is 0 Å². The molecule has 1 heterocycles. The zero-order chi connectivity index (χ0) is 17.9. The molecule has 1 atom stereocenters. The van der Waals surface area contributed by atoms with Gasteiger partial charge in [0, 0.05) is 19.2 Å². The van der Waals surface area contributed by atoms with Crippen LogP contribution >= 0.6 is 7.75 Å². The lowest BCUT2D eigenvalue weighted by atomic mass is 9.93. The van der Waals surface area contributed by atoms with Gasteiger partial charge in [-0.25, -0.2) is 9.24 Å². The summed E-state index contributed by atoms with van der Waals surface area (Å²) in [5.41, 5.74) is 4.38. The van der Waals surface area contributed by atoms with Crippen molar-refractivity contribution < 1.29 is 18.7 Å². The first-order valence-corrected chi connectivity index (χ1v) is 9.67. The summed E-state index contributed by atoms with van der Waals surface area (Å²) in [7, 11) is -0.871. The van der Waals surface area contributed by atoms with Crippen LogP contribution in [0.15, 0.2) is 54.6 Å². The van der Waals surface area contributed by atoms with Crippen molar-refractivity contribution in [3.05, 3.63) is 71.3 Å². The molecule has 1 aliphatic heterocycles. The van der Waals surface area contributed by atoms with Crippen molar-refractivity contribution in [2.24, 2.45) is 0 Å². The number of hydrogen-bond donors (Lipinski definition) is 1. The molecular weight excluding hydrogens is 337 g/mol. The first-order valence-electron chi connectivity index (χ1n) is 8.13. The number of hydrogen-bond acceptors (Lipinski definition) is 3. The molecule has 1 N–H and O–H groups in total. The second kappa shape index (κ2) is 7.54. The van der Waals surface area contributed by atoms with Gasteiger partial charge in [0.05, 0.1) is 0 Å². The second-order valence-corrected chi connectivity index (χ2v) is 7.93. The Labute approximate surface area is 148 Å². The van der Waals surface area contributed by atoms with Crippen molar-refractivity contribution >= 4 is 13.3 Å². The van der Waals surface area contributed by atoms with Crippen molar-refractivity contribution in [2.75, 3.05) is 20.7 Å². The van der Waals surface area contributed by atoms with Gasteiger partial charge in [0.15, 0.2) is 0 Å². The van der Waals surface area contributed by atoms with Gasteiger partial charge in [-0.05, 0) is 36.2 Å². The van der Waals surface area contributed by atoms with Gasteiger partial charge in [-0.3, -0.25) is 0 Å². The topological polar surface area (TPSA) is 59.0 Å². The number of benzene rings is 2. The summed E-state index contributed by atoms with van der Waals surface area (Å²) in [5, 5.41) is 0. The summed E-state index contributed by atoms with van der Waals surface area (Å²) < 4.78 is 23.8. The first-order chi connectivity index (χ1) is 12.0. The number of rotatable bonds is 5. The lowest BCUT2D eigenvalue weighted by Crippen LogP contribution is -2.16. The van der Waals surface area contributed by atoms with E-state index in [-0.39, 0.29) is 0 Å². The van der Waals surface area contributed by atoms with Gasteiger partial charge >= 0.3 is 7.75 Å². The van der Waals surface area contributed by atoms with Crippen molar-refractivity contribution in [1.82, 2.24) is 4.67 Å². The normalized spacial score (nSPS) is 17.4. The van der Waals surface area contributed by atoms with E-state index in [0.717, 1.165) is 28.0 Å². The highest BCUT2D eigenvalue weighted by Gasteiger charge is 2.24. The molecule has 1 unspecified atom stereocenters. The quantitative estimate of drug-likeness (QED) is 0.815. The predicted molar refractivity (Wildman–Crippen MR) is 98.4 cm³/mol. The van der Waals surface area contributed by atoms with Crippen LogP contribution in [-0.4, -0.2) is 30.3 Å². The largest absolute Gasteiger partial charge is 0.488 e. The Balaban J connectivity index is 1.93. The van der Waals surface area contributed by atoms with Gasteiger partial charge in [0.25, 0.3) is 0 Å². The molecule has 0 bridgehead atoms. The number of fused-ring (bicyclic) bond motifs is 2. The molecule has 6 heteroatoms. The maximum Gasteiger partial charge on any atom is 0.405 e. The maximum atomic E-state index is 11.8. The van der Waals surface area contributed by atoms with Gasteiger partial charge in [-0.1, -0.05) is 48.5 Å². The Morgan fingerprint density at radius 1 is 1.20 bits per heavy atom. The van der Waals surface area contributed by atoms with E-state index in [1.54, 1.807) is 7.05 Å². The lowest BCUT2D eigenvalue weighted by molar-refractivity contribution is 0.253. The summed E-state index contributed by atoms with van der Waals surface area (Å²) in [6.07, 6.45) is 2.71. The Morgan fingerprint density at radius 3 is 2.64 bits per heavy atom. The molecule has 0 aromatic heterocycles. The van der Waals surface area contributed by atoms with Crippen LogP contribution < -0.4 is 4.74 Å². The summed E-state index contributed by atoms with van der Waals surface area (Å²) in [4.78, 5) is 9.71. The standard InChI is InChI=1S/C19H22NO4P/c1-20(25(21,22)23-2)13-7-11-17-16-9-4-3-8-15(16)14-24-19-12-6-5-10-18(17)19/h3-6,8-12H,7,13-14H2,1-2H3,(H,21,22). The minimum Gasteiger partial charge on any atom is -0.488 e. The van der Waals surface area contributed by atoms with E-state index in [1.807, 2.05) is 36.4 Å². The second-order valence-electron chi connectivity index (χ2n) is 5.90. The summed E-state index contributed by atoms with van der Waals surface area (Å²) in [6, 6.07) is 16.1. The predicted octanol–water partition coefficient (Wildman–Crippen LogP) is 4.08. The van der Waals surface area contributed by atoms with Crippen LogP contribution in [0.3, 0.4) is 0 Å². The molecule has 3 rings (SSSR count). The van der Waals surface area contributed by atoms with Gasteiger partial charge in [-0.2, -0.15) is 0 Å². The SMILES string of the molecule is COP(=O)(O)N(C)CCC=C1c2ccccc2COc2ccccc21. The fraction of sp³-hybridized carbons (Fsp3) is 0.263. The molecule has 2 aromatic rings. The number of ether oxygens (including phenoxy) is 1. The minimum atomic E-state index is -3.70. The van der Waals surface area contributed by atoms with Crippen molar-refractivity contribution in [3.63, 3.8) is 0 Å². The van der Waals surface area contributed by atoms with Crippen molar-refractivity contribution in [1.29, 1.82) is 0 Å². The van der Waals surface area contributed by atoms with Gasteiger partial charge in [0.2, 0.25) is 0 Å². The number of para-hydroxylation sites is 1. The molecule has 0 amide bonds. The molecule has 2 aromatic carbocycles. The van der Waals surface area contributed by atoms with E-state index in [4.69, 9.17) is 4.74 Å². The zero-order valence-electron chi connectivity index (χ0n) is 14.4. The lowest BCUT2D eigenvalue weighted by Gasteiger charge is -2.20. The third kappa shape index (κ3) is 3.86. The van der Waals surface area contributed by atoms with Crippen molar-refractivity contribution in [2.45, 2.75) is 13.0 Å². The molecule has 132 valence electrons. The molecule has 0 saturated heterocycles. The van der Waals surface area contributed by atoms with Crippen molar-refractivity contribution in [3.8, 4) is 5.75 Å². The smallest absolute Gasteiger partial charge is 0.405 e. The average Bonchev–Trinajstić information content (AvgIpc) is 2.79. The Bertz CT molecular complexity index is 784. The minimum absolute atomic E-state index is 0.413. The molecular formula is C19H22NO4P. The third-order valence-corrected chi connectivity index (χ3v) is 5.88. The fourth-order valence-electron chi connectivity index (χ4n) is 2.91. The van der Waals surface area contributed by atoms with Crippen LogP contribution in [0.2, 0.25) is 0 Å². The van der Waals surface area contributed by atoms with E-state index in [2.05, 4.69) is 22.7 Å². The monoisotopic (exact) mass is 359 g/mol. The average molecular weight is 359 g/mol. The van der Waals surface area contributed by atoms with E-state index in [9.17, 15) is 9.46 Å². The highest BCUT2D eigenvalue weighted by atomic mass is 31.2. The third-order valence-electron chi connectivity index (χ3n) is 4.34. The van der Waals surface area contributed by atoms with E-state index in [1.165, 1.54) is 11.8 Å². The summed E-state index contributed by atoms with van der Waals surface area (Å²) in [6.45, 7) is 0.941. The fourth-order valence-corrected chi connectivity index (χ4v) is 3.55. The highest BCUT2D eigenvalue weighted by molar-refractivity contribution is 7.50. The molecule has 0 aliphatic carbocycles. The molecule has 1 aliphatic rings. The summed E-state index contributed by atoms with van der Waals surface area (Å²) in [5.74, 6) is 0.850. The Hall–Kier alpha value is -1.91. The first kappa shape index (κ1) is 17.9. The van der Waals surface area contributed by atoms with Crippen LogP contribution in [0.25, 0.3) is 5.57 Å². The molecule has 5 nitrogen and oxygen atoms in total. The van der Waals surface area contributed by atoms with Crippen LogP contribution in [0.5, 0.6) is 5.75 Å². The van der Waals surface area contributed by atoms with Gasteiger partial charge in [-0.15, -0.1) is 0 Å². The van der Waals surface area contributed by atoms with Crippen LogP contribution in [0.4, 0.5) is 0 Å². The number of nitrogens with zero attached hydrogens (tertiary/aromatic N) is 1. The Morgan fingerprint density at radius 2 is 1.88 bits per heavy atom. The van der Waals surface area contributed by atoms with Gasteiger partial charge in [0.1, 0.15) is 12.4 Å². The molecule has 0 saturated carbocycles. The van der Waals surface area contributed by atoms with Crippen LogP contribution in [0.1, 0.15) is 23.1 Å². The summed E-state index contributed by atoms with van der Waals surface area (Å²) >= 11 is 0. The highest BCUT2D eigenvalue weighted by Crippen LogP contribution is 2.44. The van der Waals surface area contributed by atoms with Crippen LogP contribution in [-0.2, 0) is 15.7 Å². The van der Waals surface area contributed by atoms with Crippen LogP contribution in [0, 0.1) is 0 Å². The zero-order valence-corrected chi connectivity index (χ0v) is 15.3.